The summed E-state index contributed by atoms with van der Waals surface area (Å²) in [6.45, 7) is -0.0504. The van der Waals surface area contributed by atoms with Crippen LogP contribution < -0.4 is 5.32 Å². The molecule has 0 aromatic heterocycles. The minimum Gasteiger partial charge on any atom is -0.480 e. The number of β-amino-alcohol motifs (C(OH)–C–C–N with tert-alkyl or cyclic N) is 1. The van der Waals surface area contributed by atoms with E-state index >= 15 is 0 Å². The Labute approximate surface area is 122 Å². The van der Waals surface area contributed by atoms with E-state index in [0.717, 1.165) is 4.90 Å². The molecule has 1 fully saturated rings. The molecule has 0 spiro atoms. The lowest BCUT2D eigenvalue weighted by molar-refractivity contribution is -0.141. The summed E-state index contributed by atoms with van der Waals surface area (Å²) in [5, 5.41) is 21.0. The summed E-state index contributed by atoms with van der Waals surface area (Å²) in [4.78, 5) is 24.1. The molecular formula is C12H12BrFN2O4. The maximum absolute atomic E-state index is 13.1. The first-order chi connectivity index (χ1) is 9.38. The predicted molar refractivity (Wildman–Crippen MR) is 71.9 cm³/mol. The van der Waals surface area contributed by atoms with Crippen LogP contribution in [0.15, 0.2) is 22.7 Å². The molecule has 1 aromatic rings. The molecule has 6 nitrogen and oxygen atoms in total. The molecule has 8 heteroatoms. The van der Waals surface area contributed by atoms with Gasteiger partial charge in [-0.1, -0.05) is 0 Å². The number of nitrogens with one attached hydrogen (secondary N) is 1. The van der Waals surface area contributed by atoms with E-state index in [1.54, 1.807) is 0 Å². The van der Waals surface area contributed by atoms with Gasteiger partial charge in [0.1, 0.15) is 11.9 Å². The molecule has 0 saturated carbocycles. The van der Waals surface area contributed by atoms with E-state index in [0.29, 0.717) is 5.69 Å². The lowest BCUT2D eigenvalue weighted by atomic mass is 10.2. The number of nitrogens with zero attached hydrogens (tertiary/aromatic N) is 1. The fraction of sp³-hybridized carbons (Fsp3) is 0.333. The van der Waals surface area contributed by atoms with Crippen molar-refractivity contribution in [1.82, 2.24) is 4.90 Å². The molecule has 108 valence electrons. The minimum atomic E-state index is -1.17. The highest BCUT2D eigenvalue weighted by molar-refractivity contribution is 9.10. The van der Waals surface area contributed by atoms with Crippen LogP contribution in [0, 0.1) is 5.82 Å². The molecule has 0 radical (unpaired) electrons. The first-order valence-electron chi connectivity index (χ1n) is 5.82. The van der Waals surface area contributed by atoms with E-state index in [4.69, 9.17) is 5.11 Å². The smallest absolute Gasteiger partial charge is 0.326 e. The first kappa shape index (κ1) is 14.7. The number of hydrogen-bond donors (Lipinski definition) is 3. The van der Waals surface area contributed by atoms with Crippen LogP contribution in [0.4, 0.5) is 14.9 Å². The number of carbonyl (C=O) groups is 2. The molecule has 1 aliphatic heterocycles. The van der Waals surface area contributed by atoms with E-state index in [2.05, 4.69) is 21.2 Å². The molecule has 1 aliphatic rings. The van der Waals surface area contributed by atoms with Gasteiger partial charge in [0.2, 0.25) is 0 Å². The van der Waals surface area contributed by atoms with Crippen LogP contribution in [-0.4, -0.2) is 45.8 Å². The van der Waals surface area contributed by atoms with Gasteiger partial charge >= 0.3 is 12.0 Å². The third-order valence-corrected chi connectivity index (χ3v) is 3.60. The Morgan fingerprint density at radius 3 is 2.75 bits per heavy atom. The third kappa shape index (κ3) is 3.07. The number of aliphatic hydroxyl groups excluding tert-OH is 1. The second kappa shape index (κ2) is 5.76. The Bertz CT molecular complexity index is 554. The van der Waals surface area contributed by atoms with Crippen LogP contribution in [0.25, 0.3) is 0 Å². The summed E-state index contributed by atoms with van der Waals surface area (Å²) < 4.78 is 13.3. The number of aliphatic carboxylic acids is 1. The molecule has 2 atom stereocenters. The monoisotopic (exact) mass is 346 g/mol. The van der Waals surface area contributed by atoms with Crippen molar-refractivity contribution in [3.05, 3.63) is 28.5 Å². The second-order valence-electron chi connectivity index (χ2n) is 4.45. The van der Waals surface area contributed by atoms with Crippen molar-refractivity contribution < 1.29 is 24.2 Å². The average Bonchev–Trinajstić information content (AvgIpc) is 2.76. The number of anilines is 1. The number of benzene rings is 1. The number of urea groups is 1. The van der Waals surface area contributed by atoms with Crippen molar-refractivity contribution in [2.24, 2.45) is 0 Å². The SMILES string of the molecule is O=C(O)[C@@H]1C[C@@H](O)CN1C(=O)Nc1ccc(F)c(Br)c1. The maximum Gasteiger partial charge on any atom is 0.326 e. The van der Waals surface area contributed by atoms with E-state index in [1.165, 1.54) is 18.2 Å². The van der Waals surface area contributed by atoms with Crippen molar-refractivity contribution in [3.63, 3.8) is 0 Å². The van der Waals surface area contributed by atoms with E-state index in [9.17, 15) is 19.1 Å². The highest BCUT2D eigenvalue weighted by Gasteiger charge is 2.39. The number of rotatable bonds is 2. The Kier molecular flexibility index (Phi) is 4.24. The van der Waals surface area contributed by atoms with Crippen molar-refractivity contribution in [1.29, 1.82) is 0 Å². The zero-order chi connectivity index (χ0) is 14.9. The van der Waals surface area contributed by atoms with Crippen LogP contribution in [0.1, 0.15) is 6.42 Å². The molecule has 0 bridgehead atoms. The number of likely N-dealkylation sites (tertiary alicyclic amines) is 1. The summed E-state index contributed by atoms with van der Waals surface area (Å²) in [7, 11) is 0. The Morgan fingerprint density at radius 1 is 1.45 bits per heavy atom. The van der Waals surface area contributed by atoms with Gasteiger partial charge in [0, 0.05) is 18.7 Å². The van der Waals surface area contributed by atoms with Gasteiger partial charge in [-0.25, -0.2) is 14.0 Å². The first-order valence-corrected chi connectivity index (χ1v) is 6.61. The van der Waals surface area contributed by atoms with Crippen molar-refractivity contribution in [2.75, 3.05) is 11.9 Å². The summed E-state index contributed by atoms with van der Waals surface area (Å²) in [6, 6.07) is 2.20. The zero-order valence-electron chi connectivity index (χ0n) is 10.2. The van der Waals surface area contributed by atoms with Crippen molar-refractivity contribution >= 4 is 33.6 Å². The fourth-order valence-corrected chi connectivity index (χ4v) is 2.42. The second-order valence-corrected chi connectivity index (χ2v) is 5.31. The molecule has 20 heavy (non-hydrogen) atoms. The van der Waals surface area contributed by atoms with Crippen LogP contribution in [-0.2, 0) is 4.79 Å². The summed E-state index contributed by atoms with van der Waals surface area (Å²) in [5.41, 5.74) is 0.328. The van der Waals surface area contributed by atoms with Gasteiger partial charge in [-0.15, -0.1) is 0 Å². The van der Waals surface area contributed by atoms with Crippen LogP contribution in [0.5, 0.6) is 0 Å². The van der Waals surface area contributed by atoms with E-state index in [-0.39, 0.29) is 17.4 Å². The average molecular weight is 347 g/mol. The Hall–Kier alpha value is -1.67. The lowest BCUT2D eigenvalue weighted by Crippen LogP contribution is -2.43. The highest BCUT2D eigenvalue weighted by Crippen LogP contribution is 2.22. The zero-order valence-corrected chi connectivity index (χ0v) is 11.8. The van der Waals surface area contributed by atoms with E-state index in [1.807, 2.05) is 0 Å². The molecule has 0 aliphatic carbocycles. The Morgan fingerprint density at radius 2 is 2.15 bits per heavy atom. The van der Waals surface area contributed by atoms with Gasteiger partial charge in [0.15, 0.2) is 0 Å². The standard InChI is InChI=1S/C12H12BrFN2O4/c13-8-3-6(1-2-9(8)14)15-12(20)16-5-7(17)4-10(16)11(18)19/h1-3,7,10,17H,4-5H2,(H,15,20)(H,18,19)/t7-,10+/m1/s1. The van der Waals surface area contributed by atoms with Crippen molar-refractivity contribution in [2.45, 2.75) is 18.6 Å². The van der Waals surface area contributed by atoms with Gasteiger partial charge < -0.3 is 20.4 Å². The molecule has 0 unspecified atom stereocenters. The number of carboxylic acid groups (broad SMARTS) is 1. The summed E-state index contributed by atoms with van der Waals surface area (Å²) in [6.07, 6.45) is -0.864. The maximum atomic E-state index is 13.1. The number of carbonyl (C=O) groups excluding carboxylic acids is 1. The van der Waals surface area contributed by atoms with Gasteiger partial charge in [0.05, 0.1) is 10.6 Å². The van der Waals surface area contributed by atoms with Gasteiger partial charge in [-0.3, -0.25) is 0 Å². The molecular weight excluding hydrogens is 335 g/mol. The normalized spacial score (nSPS) is 21.9. The molecule has 2 rings (SSSR count). The van der Waals surface area contributed by atoms with Crippen LogP contribution in [0.3, 0.4) is 0 Å². The lowest BCUT2D eigenvalue weighted by Gasteiger charge is -2.21. The Balaban J connectivity index is 2.11. The van der Waals surface area contributed by atoms with Gasteiger partial charge in [-0.05, 0) is 34.1 Å². The van der Waals surface area contributed by atoms with Crippen LogP contribution in [0.2, 0.25) is 0 Å². The molecule has 1 heterocycles. The highest BCUT2D eigenvalue weighted by atomic mass is 79.9. The topological polar surface area (TPSA) is 89.9 Å². The number of amides is 2. The summed E-state index contributed by atoms with van der Waals surface area (Å²) >= 11 is 2.99. The minimum absolute atomic E-state index is 0.00410. The quantitative estimate of drug-likeness (QED) is 0.759. The number of hydrogen-bond acceptors (Lipinski definition) is 3. The largest absolute Gasteiger partial charge is 0.480 e. The van der Waals surface area contributed by atoms with E-state index < -0.39 is 30.0 Å². The molecule has 1 aromatic carbocycles. The third-order valence-electron chi connectivity index (χ3n) is 3.00. The molecule has 1 saturated heterocycles. The summed E-state index contributed by atoms with van der Waals surface area (Å²) in [5.74, 6) is -1.64. The predicted octanol–water partition coefficient (Wildman–Crippen LogP) is 1.64. The van der Waals surface area contributed by atoms with Crippen LogP contribution >= 0.6 is 15.9 Å². The number of carboxylic acids is 1. The van der Waals surface area contributed by atoms with Gasteiger partial charge in [0.25, 0.3) is 0 Å². The number of aliphatic hydroxyl groups is 1. The fourth-order valence-electron chi connectivity index (χ4n) is 2.04. The molecule has 2 amide bonds. The van der Waals surface area contributed by atoms with Crippen molar-refractivity contribution in [3.8, 4) is 0 Å². The molecule has 3 N–H and O–H groups in total. The van der Waals surface area contributed by atoms with Gasteiger partial charge in [-0.2, -0.15) is 0 Å². The number of halogens is 2.